The number of esters is 1. The summed E-state index contributed by atoms with van der Waals surface area (Å²) in [5.41, 5.74) is 2.84. The lowest BCUT2D eigenvalue weighted by Gasteiger charge is -2.23. The molecule has 2 aromatic rings. The highest BCUT2D eigenvalue weighted by atomic mass is 32.1. The Labute approximate surface area is 176 Å². The van der Waals surface area contributed by atoms with Crippen molar-refractivity contribution in [3.05, 3.63) is 65.9 Å². The standard InChI is InChI=1S/C23H25NO4S/c1-26-14-20(23(25)28-3)18-6-4-5-7-19(18)22(29)21(15-8-9-15)24-16-10-12-17(27-2)13-11-16/h4-7,10-15,21,24H,8-9H2,1-3H3. The van der Waals surface area contributed by atoms with E-state index in [0.29, 0.717) is 17.1 Å². The first kappa shape index (κ1) is 20.9. The van der Waals surface area contributed by atoms with Crippen LogP contribution in [0.15, 0.2) is 54.8 Å². The van der Waals surface area contributed by atoms with Gasteiger partial charge < -0.3 is 19.5 Å². The van der Waals surface area contributed by atoms with Crippen molar-refractivity contribution in [1.29, 1.82) is 0 Å². The molecule has 152 valence electrons. The topological polar surface area (TPSA) is 56.8 Å². The van der Waals surface area contributed by atoms with Crippen LogP contribution < -0.4 is 10.1 Å². The number of anilines is 1. The smallest absolute Gasteiger partial charge is 0.341 e. The molecule has 0 radical (unpaired) electrons. The maximum atomic E-state index is 12.3. The van der Waals surface area contributed by atoms with Gasteiger partial charge >= 0.3 is 5.97 Å². The molecule has 0 spiro atoms. The Balaban J connectivity index is 1.93. The van der Waals surface area contributed by atoms with Crippen molar-refractivity contribution >= 4 is 34.3 Å². The molecule has 1 aliphatic rings. The fourth-order valence-electron chi connectivity index (χ4n) is 3.24. The average molecular weight is 412 g/mol. The number of carbonyl (C=O) groups is 1. The van der Waals surface area contributed by atoms with E-state index in [1.807, 2.05) is 48.5 Å². The summed E-state index contributed by atoms with van der Waals surface area (Å²) in [6, 6.07) is 15.4. The molecule has 0 heterocycles. The lowest BCUT2D eigenvalue weighted by atomic mass is 9.93. The minimum atomic E-state index is -0.465. The van der Waals surface area contributed by atoms with Gasteiger partial charge in [0.15, 0.2) is 0 Å². The molecule has 1 unspecified atom stereocenters. The van der Waals surface area contributed by atoms with Crippen LogP contribution in [-0.2, 0) is 14.3 Å². The highest BCUT2D eigenvalue weighted by molar-refractivity contribution is 7.81. The number of carbonyl (C=O) groups excluding carboxylic acids is 1. The molecule has 1 aliphatic carbocycles. The van der Waals surface area contributed by atoms with Crippen molar-refractivity contribution in [3.63, 3.8) is 0 Å². The summed E-state index contributed by atoms with van der Waals surface area (Å²) in [6.07, 6.45) is 3.64. The van der Waals surface area contributed by atoms with Crippen molar-refractivity contribution in [2.75, 3.05) is 26.6 Å². The molecule has 1 saturated carbocycles. The number of hydrogen-bond acceptors (Lipinski definition) is 6. The van der Waals surface area contributed by atoms with Crippen molar-refractivity contribution in [2.24, 2.45) is 5.92 Å². The molecule has 0 bridgehead atoms. The fraction of sp³-hybridized carbons (Fsp3) is 0.304. The van der Waals surface area contributed by atoms with Crippen LogP contribution in [0.25, 0.3) is 5.57 Å². The maximum Gasteiger partial charge on any atom is 0.341 e. The van der Waals surface area contributed by atoms with Crippen LogP contribution in [0.3, 0.4) is 0 Å². The minimum absolute atomic E-state index is 0.0130. The molecular formula is C23H25NO4S. The van der Waals surface area contributed by atoms with Crippen LogP contribution in [0, 0.1) is 5.92 Å². The van der Waals surface area contributed by atoms with Gasteiger partial charge in [-0.15, -0.1) is 0 Å². The Bertz CT molecular complexity index is 903. The molecule has 29 heavy (non-hydrogen) atoms. The second-order valence-corrected chi connectivity index (χ2v) is 7.30. The Morgan fingerprint density at radius 1 is 1.07 bits per heavy atom. The number of rotatable bonds is 9. The van der Waals surface area contributed by atoms with E-state index < -0.39 is 5.97 Å². The van der Waals surface area contributed by atoms with Gasteiger partial charge in [-0.05, 0) is 48.6 Å². The maximum absolute atomic E-state index is 12.3. The summed E-state index contributed by atoms with van der Waals surface area (Å²) in [5, 5.41) is 3.57. The summed E-state index contributed by atoms with van der Waals surface area (Å²) in [6.45, 7) is 0. The van der Waals surface area contributed by atoms with Crippen LogP contribution in [-0.4, -0.2) is 38.2 Å². The molecule has 0 aromatic heterocycles. The van der Waals surface area contributed by atoms with E-state index in [9.17, 15) is 4.79 Å². The number of benzene rings is 2. The second-order valence-electron chi connectivity index (χ2n) is 6.86. The van der Waals surface area contributed by atoms with E-state index in [1.54, 1.807) is 7.11 Å². The van der Waals surface area contributed by atoms with E-state index in [-0.39, 0.29) is 6.04 Å². The summed E-state index contributed by atoms with van der Waals surface area (Å²) >= 11 is 5.91. The summed E-state index contributed by atoms with van der Waals surface area (Å²) < 4.78 is 15.3. The van der Waals surface area contributed by atoms with E-state index in [1.165, 1.54) is 20.5 Å². The SMILES string of the molecule is COC=C(C(=O)OC)c1ccccc1C(=S)C(Nc1ccc(OC)cc1)C1CC1. The first-order valence-electron chi connectivity index (χ1n) is 9.44. The Kier molecular flexibility index (Phi) is 6.88. The third kappa shape index (κ3) is 4.95. The molecule has 0 aliphatic heterocycles. The van der Waals surface area contributed by atoms with Gasteiger partial charge in [-0.2, -0.15) is 0 Å². The monoisotopic (exact) mass is 411 g/mol. The van der Waals surface area contributed by atoms with E-state index in [0.717, 1.165) is 34.7 Å². The van der Waals surface area contributed by atoms with Crippen molar-refractivity contribution in [1.82, 2.24) is 0 Å². The highest BCUT2D eigenvalue weighted by Crippen LogP contribution is 2.37. The zero-order chi connectivity index (χ0) is 20.8. The van der Waals surface area contributed by atoms with Crippen molar-refractivity contribution in [2.45, 2.75) is 18.9 Å². The zero-order valence-corrected chi connectivity index (χ0v) is 17.6. The Morgan fingerprint density at radius 3 is 2.28 bits per heavy atom. The van der Waals surface area contributed by atoms with Crippen LogP contribution in [0.5, 0.6) is 5.75 Å². The van der Waals surface area contributed by atoms with Crippen molar-refractivity contribution in [3.8, 4) is 5.75 Å². The number of nitrogens with one attached hydrogen (secondary N) is 1. The van der Waals surface area contributed by atoms with Gasteiger partial charge in [0.05, 0.1) is 33.6 Å². The van der Waals surface area contributed by atoms with Gasteiger partial charge in [-0.3, -0.25) is 0 Å². The molecule has 1 fully saturated rings. The van der Waals surface area contributed by atoms with Gasteiger partial charge in [0.1, 0.15) is 11.3 Å². The Hall–Kier alpha value is -2.86. The van der Waals surface area contributed by atoms with E-state index >= 15 is 0 Å². The first-order valence-corrected chi connectivity index (χ1v) is 9.85. The number of thiocarbonyl (C=S) groups is 1. The average Bonchev–Trinajstić information content (AvgIpc) is 3.60. The molecule has 5 nitrogen and oxygen atoms in total. The van der Waals surface area contributed by atoms with Crippen LogP contribution in [0.2, 0.25) is 0 Å². The van der Waals surface area contributed by atoms with Crippen LogP contribution in [0.1, 0.15) is 24.0 Å². The van der Waals surface area contributed by atoms with E-state index in [2.05, 4.69) is 5.32 Å². The van der Waals surface area contributed by atoms with E-state index in [4.69, 9.17) is 26.4 Å². The van der Waals surface area contributed by atoms with Gasteiger partial charge in [0.2, 0.25) is 0 Å². The highest BCUT2D eigenvalue weighted by Gasteiger charge is 2.35. The third-order valence-corrected chi connectivity index (χ3v) is 5.39. The number of methoxy groups -OCH3 is 3. The summed E-state index contributed by atoms with van der Waals surface area (Å²) in [7, 11) is 4.50. The molecular weight excluding hydrogens is 386 g/mol. The largest absolute Gasteiger partial charge is 0.503 e. The normalized spacial score (nSPS) is 14.7. The predicted octanol–water partition coefficient (Wildman–Crippen LogP) is 4.46. The van der Waals surface area contributed by atoms with Crippen LogP contribution >= 0.6 is 12.2 Å². The molecule has 0 amide bonds. The predicted molar refractivity (Wildman–Crippen MR) is 118 cm³/mol. The Morgan fingerprint density at radius 2 is 1.72 bits per heavy atom. The molecule has 1 atom stereocenters. The fourth-order valence-corrected chi connectivity index (χ4v) is 3.67. The molecule has 6 heteroatoms. The second kappa shape index (κ2) is 9.56. The molecule has 1 N–H and O–H groups in total. The van der Waals surface area contributed by atoms with Crippen molar-refractivity contribution < 1.29 is 19.0 Å². The molecule has 3 rings (SSSR count). The van der Waals surface area contributed by atoms with Gasteiger partial charge in [0, 0.05) is 16.1 Å². The lowest BCUT2D eigenvalue weighted by Crippen LogP contribution is -2.31. The zero-order valence-electron chi connectivity index (χ0n) is 16.8. The lowest BCUT2D eigenvalue weighted by molar-refractivity contribution is -0.133. The third-order valence-electron chi connectivity index (χ3n) is 4.91. The first-order chi connectivity index (χ1) is 14.1. The summed E-state index contributed by atoms with van der Waals surface area (Å²) in [5.74, 6) is 0.803. The number of ether oxygens (including phenoxy) is 3. The molecule has 2 aromatic carbocycles. The number of hydrogen-bond donors (Lipinski definition) is 1. The van der Waals surface area contributed by atoms with Crippen LogP contribution in [0.4, 0.5) is 5.69 Å². The van der Waals surface area contributed by atoms with Gasteiger partial charge in [0.25, 0.3) is 0 Å². The van der Waals surface area contributed by atoms with Gasteiger partial charge in [-0.25, -0.2) is 4.79 Å². The quantitative estimate of drug-likeness (QED) is 0.216. The van der Waals surface area contributed by atoms with Gasteiger partial charge in [-0.1, -0.05) is 36.5 Å². The minimum Gasteiger partial charge on any atom is -0.503 e. The molecule has 0 saturated heterocycles. The summed E-state index contributed by atoms with van der Waals surface area (Å²) in [4.78, 5) is 13.1.